The second-order valence-corrected chi connectivity index (χ2v) is 4.39. The SMILES string of the molecule is CC(O)CCNC(=O)c1cc2cccc(N)c2[nH]1. The lowest BCUT2D eigenvalue weighted by Crippen LogP contribution is -2.26. The summed E-state index contributed by atoms with van der Waals surface area (Å²) in [6, 6.07) is 7.30. The maximum absolute atomic E-state index is 11.8. The summed E-state index contributed by atoms with van der Waals surface area (Å²) in [4.78, 5) is 14.8. The molecule has 0 aliphatic rings. The summed E-state index contributed by atoms with van der Waals surface area (Å²) >= 11 is 0. The molecule has 1 atom stereocenters. The molecule has 0 saturated carbocycles. The lowest BCUT2D eigenvalue weighted by atomic mass is 10.2. The number of benzene rings is 1. The van der Waals surface area contributed by atoms with Gasteiger partial charge in [0.1, 0.15) is 5.69 Å². The fourth-order valence-corrected chi connectivity index (χ4v) is 1.79. The number of hydrogen-bond acceptors (Lipinski definition) is 3. The van der Waals surface area contributed by atoms with Crippen LogP contribution in [0, 0.1) is 0 Å². The zero-order valence-electron chi connectivity index (χ0n) is 10.2. The number of nitrogens with two attached hydrogens (primary N) is 1. The van der Waals surface area contributed by atoms with E-state index in [4.69, 9.17) is 10.8 Å². The minimum absolute atomic E-state index is 0.189. The Balaban J connectivity index is 2.11. The van der Waals surface area contributed by atoms with Crippen molar-refractivity contribution < 1.29 is 9.90 Å². The van der Waals surface area contributed by atoms with Gasteiger partial charge in [-0.3, -0.25) is 4.79 Å². The van der Waals surface area contributed by atoms with E-state index in [0.717, 1.165) is 10.9 Å². The molecule has 0 aliphatic carbocycles. The van der Waals surface area contributed by atoms with Crippen molar-refractivity contribution in [3.63, 3.8) is 0 Å². The predicted molar refractivity (Wildman–Crippen MR) is 71.3 cm³/mol. The Kier molecular flexibility index (Phi) is 3.53. The number of para-hydroxylation sites is 1. The normalized spacial score (nSPS) is 12.6. The van der Waals surface area contributed by atoms with Gasteiger partial charge in [0.25, 0.3) is 5.91 Å². The summed E-state index contributed by atoms with van der Waals surface area (Å²) in [6.45, 7) is 2.14. The second-order valence-electron chi connectivity index (χ2n) is 4.39. The number of nitrogens with one attached hydrogen (secondary N) is 2. The third-order valence-electron chi connectivity index (χ3n) is 2.78. The standard InChI is InChI=1S/C13H17N3O2/c1-8(17)5-6-15-13(18)11-7-9-3-2-4-10(14)12(9)16-11/h2-4,7-8,16-17H,5-6,14H2,1H3,(H,15,18). The summed E-state index contributed by atoms with van der Waals surface area (Å²) in [6.07, 6.45) is 0.123. The van der Waals surface area contributed by atoms with Gasteiger partial charge >= 0.3 is 0 Å². The largest absolute Gasteiger partial charge is 0.397 e. The van der Waals surface area contributed by atoms with Crippen LogP contribution in [0.15, 0.2) is 24.3 Å². The molecule has 5 heteroatoms. The van der Waals surface area contributed by atoms with Crippen molar-refractivity contribution in [2.45, 2.75) is 19.4 Å². The minimum Gasteiger partial charge on any atom is -0.397 e. The van der Waals surface area contributed by atoms with Crippen molar-refractivity contribution >= 4 is 22.5 Å². The van der Waals surface area contributed by atoms with Gasteiger partial charge in [0.2, 0.25) is 0 Å². The number of aliphatic hydroxyl groups is 1. The molecule has 0 aliphatic heterocycles. The minimum atomic E-state index is -0.413. The van der Waals surface area contributed by atoms with Crippen LogP contribution in [0.25, 0.3) is 10.9 Å². The zero-order chi connectivity index (χ0) is 13.1. The molecule has 1 unspecified atom stereocenters. The molecule has 96 valence electrons. The fourth-order valence-electron chi connectivity index (χ4n) is 1.79. The van der Waals surface area contributed by atoms with E-state index in [-0.39, 0.29) is 5.91 Å². The van der Waals surface area contributed by atoms with Crippen LogP contribution >= 0.6 is 0 Å². The third-order valence-corrected chi connectivity index (χ3v) is 2.78. The zero-order valence-corrected chi connectivity index (χ0v) is 10.2. The molecule has 0 fully saturated rings. The second kappa shape index (κ2) is 5.10. The first-order valence-electron chi connectivity index (χ1n) is 5.91. The smallest absolute Gasteiger partial charge is 0.267 e. The Bertz CT molecular complexity index is 560. The third kappa shape index (κ3) is 2.62. The Labute approximate surface area is 105 Å². The first-order chi connectivity index (χ1) is 8.58. The average Bonchev–Trinajstić information content (AvgIpc) is 2.74. The number of aliphatic hydroxyl groups excluding tert-OH is 1. The molecular formula is C13H17N3O2. The summed E-state index contributed by atoms with van der Waals surface area (Å²) < 4.78 is 0. The highest BCUT2D eigenvalue weighted by Gasteiger charge is 2.10. The fraction of sp³-hybridized carbons (Fsp3) is 0.308. The highest BCUT2D eigenvalue weighted by molar-refractivity contribution is 6.00. The van der Waals surface area contributed by atoms with Crippen molar-refractivity contribution in [1.29, 1.82) is 0 Å². The maximum Gasteiger partial charge on any atom is 0.267 e. The summed E-state index contributed by atoms with van der Waals surface area (Å²) in [5.74, 6) is -0.189. The molecular weight excluding hydrogens is 230 g/mol. The quantitative estimate of drug-likeness (QED) is 0.613. The maximum atomic E-state index is 11.8. The van der Waals surface area contributed by atoms with Crippen molar-refractivity contribution in [1.82, 2.24) is 10.3 Å². The number of anilines is 1. The average molecular weight is 247 g/mol. The van der Waals surface area contributed by atoms with Crippen LogP contribution in [0.1, 0.15) is 23.8 Å². The van der Waals surface area contributed by atoms with Crippen LogP contribution in [-0.2, 0) is 0 Å². The van der Waals surface area contributed by atoms with Crippen molar-refractivity contribution in [3.8, 4) is 0 Å². The summed E-state index contributed by atoms with van der Waals surface area (Å²) in [5, 5.41) is 12.8. The Morgan fingerprint density at radius 2 is 2.33 bits per heavy atom. The van der Waals surface area contributed by atoms with E-state index in [1.807, 2.05) is 12.1 Å². The van der Waals surface area contributed by atoms with Gasteiger partial charge in [-0.1, -0.05) is 12.1 Å². The van der Waals surface area contributed by atoms with E-state index in [1.165, 1.54) is 0 Å². The lowest BCUT2D eigenvalue weighted by Gasteiger charge is -2.05. The van der Waals surface area contributed by atoms with Crippen LogP contribution in [0.3, 0.4) is 0 Å². The van der Waals surface area contributed by atoms with Gasteiger partial charge in [0, 0.05) is 11.9 Å². The molecule has 18 heavy (non-hydrogen) atoms. The van der Waals surface area contributed by atoms with Crippen LogP contribution in [0.2, 0.25) is 0 Å². The van der Waals surface area contributed by atoms with Crippen molar-refractivity contribution in [3.05, 3.63) is 30.0 Å². The molecule has 5 N–H and O–H groups in total. The number of fused-ring (bicyclic) bond motifs is 1. The van der Waals surface area contributed by atoms with E-state index in [1.54, 1.807) is 19.1 Å². The van der Waals surface area contributed by atoms with E-state index < -0.39 is 6.10 Å². The predicted octanol–water partition coefficient (Wildman–Crippen LogP) is 1.25. The lowest BCUT2D eigenvalue weighted by molar-refractivity contribution is 0.0941. The molecule has 1 heterocycles. The number of amides is 1. The Morgan fingerprint density at radius 1 is 1.56 bits per heavy atom. The van der Waals surface area contributed by atoms with E-state index in [2.05, 4.69) is 10.3 Å². The van der Waals surface area contributed by atoms with Crippen LogP contribution in [-0.4, -0.2) is 28.6 Å². The number of H-pyrrole nitrogens is 1. The highest BCUT2D eigenvalue weighted by atomic mass is 16.3. The van der Waals surface area contributed by atoms with Gasteiger partial charge in [-0.2, -0.15) is 0 Å². The van der Waals surface area contributed by atoms with E-state index >= 15 is 0 Å². The van der Waals surface area contributed by atoms with Crippen LogP contribution < -0.4 is 11.1 Å². The summed E-state index contributed by atoms with van der Waals surface area (Å²) in [5.41, 5.74) is 7.69. The van der Waals surface area contributed by atoms with Gasteiger partial charge < -0.3 is 21.1 Å². The number of rotatable bonds is 4. The first kappa shape index (κ1) is 12.4. The molecule has 0 radical (unpaired) electrons. The van der Waals surface area contributed by atoms with Crippen LogP contribution in [0.4, 0.5) is 5.69 Å². The number of carbonyl (C=O) groups excluding carboxylic acids is 1. The number of aromatic nitrogens is 1. The molecule has 2 aromatic rings. The van der Waals surface area contributed by atoms with Crippen LogP contribution in [0.5, 0.6) is 0 Å². The molecule has 0 spiro atoms. The highest BCUT2D eigenvalue weighted by Crippen LogP contribution is 2.20. The van der Waals surface area contributed by atoms with Crippen molar-refractivity contribution in [2.75, 3.05) is 12.3 Å². The summed E-state index contributed by atoms with van der Waals surface area (Å²) in [7, 11) is 0. The molecule has 1 aromatic carbocycles. The van der Waals surface area contributed by atoms with Gasteiger partial charge in [0.05, 0.1) is 17.3 Å². The molecule has 0 saturated heterocycles. The molecule has 1 aromatic heterocycles. The number of aromatic amines is 1. The van der Waals surface area contributed by atoms with Gasteiger partial charge in [-0.25, -0.2) is 0 Å². The number of hydrogen-bond donors (Lipinski definition) is 4. The van der Waals surface area contributed by atoms with Gasteiger partial charge in [-0.05, 0) is 25.5 Å². The Hall–Kier alpha value is -2.01. The van der Waals surface area contributed by atoms with E-state index in [9.17, 15) is 4.79 Å². The molecule has 1 amide bonds. The number of nitrogen functional groups attached to an aromatic ring is 1. The first-order valence-corrected chi connectivity index (χ1v) is 5.91. The Morgan fingerprint density at radius 3 is 3.00 bits per heavy atom. The molecule has 2 rings (SSSR count). The topological polar surface area (TPSA) is 91.1 Å². The van der Waals surface area contributed by atoms with E-state index in [0.29, 0.717) is 24.3 Å². The molecule has 0 bridgehead atoms. The van der Waals surface area contributed by atoms with Crippen molar-refractivity contribution in [2.24, 2.45) is 0 Å². The van der Waals surface area contributed by atoms with Gasteiger partial charge in [0.15, 0.2) is 0 Å². The number of carbonyl (C=O) groups is 1. The monoisotopic (exact) mass is 247 g/mol. The molecule has 5 nitrogen and oxygen atoms in total. The van der Waals surface area contributed by atoms with Gasteiger partial charge in [-0.15, -0.1) is 0 Å².